The number of ether oxygens (including phenoxy) is 3. The van der Waals surface area contributed by atoms with Crippen LogP contribution in [0.5, 0.6) is 5.75 Å². The summed E-state index contributed by atoms with van der Waals surface area (Å²) in [6.45, 7) is 3.70. The maximum atomic E-state index is 12.9. The van der Waals surface area contributed by atoms with Gasteiger partial charge in [0.2, 0.25) is 0 Å². The molecule has 9 nitrogen and oxygen atoms in total. The zero-order chi connectivity index (χ0) is 24.0. The number of non-ortho nitro benzene ring substituents is 1. The molecule has 2 aromatic rings. The number of anilines is 1. The molecule has 172 valence electrons. The third-order valence-corrected chi connectivity index (χ3v) is 4.97. The quantitative estimate of drug-likeness (QED) is 0.335. The minimum atomic E-state index is -0.698. The van der Waals surface area contributed by atoms with Crippen LogP contribution in [0.4, 0.5) is 11.4 Å². The van der Waals surface area contributed by atoms with Crippen LogP contribution in [0.15, 0.2) is 72.0 Å². The predicted molar refractivity (Wildman–Crippen MR) is 121 cm³/mol. The number of carbonyl (C=O) groups excluding carboxylic acids is 2. The number of nitro groups is 1. The third-order valence-electron chi connectivity index (χ3n) is 4.97. The van der Waals surface area contributed by atoms with Gasteiger partial charge in [0.1, 0.15) is 5.75 Å². The summed E-state index contributed by atoms with van der Waals surface area (Å²) in [4.78, 5) is 37.8. The summed E-state index contributed by atoms with van der Waals surface area (Å²) in [5.74, 6) is -0.548. The van der Waals surface area contributed by atoms with E-state index in [-0.39, 0.29) is 30.0 Å². The highest BCUT2D eigenvalue weighted by atomic mass is 16.6. The van der Waals surface area contributed by atoms with Crippen LogP contribution in [0.3, 0.4) is 0 Å². The Morgan fingerprint density at radius 1 is 0.970 bits per heavy atom. The molecule has 0 saturated carbocycles. The first kappa shape index (κ1) is 23.5. The van der Waals surface area contributed by atoms with Crippen LogP contribution in [-0.2, 0) is 19.1 Å². The van der Waals surface area contributed by atoms with Gasteiger partial charge in [-0.3, -0.25) is 10.1 Å². The Kier molecular flexibility index (Phi) is 7.45. The molecule has 9 heteroatoms. The van der Waals surface area contributed by atoms with Crippen LogP contribution in [0.2, 0.25) is 0 Å². The first-order valence-electron chi connectivity index (χ1n) is 10.3. The van der Waals surface area contributed by atoms with Crippen molar-refractivity contribution in [1.29, 1.82) is 0 Å². The molecule has 1 heterocycles. The molecule has 33 heavy (non-hydrogen) atoms. The molecule has 1 aliphatic heterocycles. The number of benzene rings is 2. The highest BCUT2D eigenvalue weighted by Crippen LogP contribution is 2.39. The number of nitro benzene ring substituents is 1. The Hall–Kier alpha value is -4.14. The molecule has 0 N–H and O–H groups in total. The second-order valence-electron chi connectivity index (χ2n) is 6.98. The van der Waals surface area contributed by atoms with Crippen molar-refractivity contribution in [2.45, 2.75) is 19.9 Å². The van der Waals surface area contributed by atoms with Gasteiger partial charge in [0, 0.05) is 24.0 Å². The minimum absolute atomic E-state index is 0.0741. The molecule has 0 radical (unpaired) electrons. The van der Waals surface area contributed by atoms with Crippen molar-refractivity contribution in [3.05, 3.63) is 87.6 Å². The van der Waals surface area contributed by atoms with Gasteiger partial charge in [-0.25, -0.2) is 9.59 Å². The molecule has 0 aliphatic carbocycles. The van der Waals surface area contributed by atoms with Gasteiger partial charge in [0.05, 0.1) is 42.4 Å². The Labute approximate surface area is 191 Å². The van der Waals surface area contributed by atoms with Crippen LogP contribution < -0.4 is 9.64 Å². The topological polar surface area (TPSA) is 108 Å². The van der Waals surface area contributed by atoms with Crippen LogP contribution in [0.25, 0.3) is 0 Å². The highest BCUT2D eigenvalue weighted by Gasteiger charge is 2.34. The molecule has 1 aliphatic rings. The number of nitrogens with zero attached hydrogens (tertiary/aromatic N) is 2. The van der Waals surface area contributed by atoms with Crippen molar-refractivity contribution >= 4 is 23.3 Å². The van der Waals surface area contributed by atoms with Crippen LogP contribution in [0.1, 0.15) is 25.5 Å². The van der Waals surface area contributed by atoms with Gasteiger partial charge in [0.25, 0.3) is 5.69 Å². The number of hydrogen-bond donors (Lipinski definition) is 0. The van der Waals surface area contributed by atoms with E-state index in [1.807, 2.05) is 0 Å². The van der Waals surface area contributed by atoms with Gasteiger partial charge in [-0.2, -0.15) is 0 Å². The van der Waals surface area contributed by atoms with Crippen molar-refractivity contribution in [2.24, 2.45) is 0 Å². The average Bonchev–Trinajstić information content (AvgIpc) is 2.83. The standard InChI is InChI=1S/C24H24N2O7/c1-4-32-23(27)17-14-21(24(28)33-5-2)22(16-6-8-19(9-7-16)26(29)30)25(15-17)18-10-12-20(31-3)13-11-18/h6-15,22H,4-5H2,1-3H3. The number of hydrogen-bond acceptors (Lipinski definition) is 8. The maximum absolute atomic E-state index is 12.9. The second kappa shape index (κ2) is 10.4. The fourth-order valence-corrected chi connectivity index (χ4v) is 3.47. The Bertz CT molecular complexity index is 1090. The molecule has 0 saturated heterocycles. The molecule has 3 rings (SSSR count). The molecule has 0 aromatic heterocycles. The molecule has 2 aromatic carbocycles. The molecule has 1 unspecified atom stereocenters. The largest absolute Gasteiger partial charge is 0.497 e. The fraction of sp³-hybridized carbons (Fsp3) is 0.250. The van der Waals surface area contributed by atoms with E-state index in [1.54, 1.807) is 68.5 Å². The SMILES string of the molecule is CCOC(=O)C1=CN(c2ccc(OC)cc2)C(c2ccc([N+](=O)[O-])cc2)C(C(=O)OCC)=C1. The van der Waals surface area contributed by atoms with Gasteiger partial charge >= 0.3 is 11.9 Å². The molecular weight excluding hydrogens is 428 g/mol. The van der Waals surface area contributed by atoms with Crippen molar-refractivity contribution in [3.8, 4) is 5.75 Å². The van der Waals surface area contributed by atoms with Gasteiger partial charge in [-0.15, -0.1) is 0 Å². The summed E-state index contributed by atoms with van der Waals surface area (Å²) < 4.78 is 15.6. The van der Waals surface area contributed by atoms with E-state index in [1.165, 1.54) is 18.2 Å². The summed E-state index contributed by atoms with van der Waals surface area (Å²) in [5, 5.41) is 11.1. The predicted octanol–water partition coefficient (Wildman–Crippen LogP) is 4.10. The van der Waals surface area contributed by atoms with Gasteiger partial charge in [0.15, 0.2) is 0 Å². The van der Waals surface area contributed by atoms with Crippen LogP contribution in [0, 0.1) is 10.1 Å². The smallest absolute Gasteiger partial charge is 0.339 e. The monoisotopic (exact) mass is 452 g/mol. The first-order chi connectivity index (χ1) is 15.9. The lowest BCUT2D eigenvalue weighted by atomic mass is 9.91. The lowest BCUT2D eigenvalue weighted by molar-refractivity contribution is -0.384. The van der Waals surface area contributed by atoms with E-state index in [0.29, 0.717) is 17.0 Å². The summed E-state index contributed by atoms with van der Waals surface area (Å²) in [5.41, 5.74) is 1.57. The van der Waals surface area contributed by atoms with Gasteiger partial charge in [-0.05, 0) is 61.9 Å². The second-order valence-corrected chi connectivity index (χ2v) is 6.98. The van der Waals surface area contributed by atoms with Crippen LogP contribution >= 0.6 is 0 Å². The normalized spacial score (nSPS) is 15.2. The van der Waals surface area contributed by atoms with Gasteiger partial charge in [-0.1, -0.05) is 0 Å². The maximum Gasteiger partial charge on any atom is 0.339 e. The molecule has 0 spiro atoms. The molecular formula is C24H24N2O7. The Balaban J connectivity index is 2.17. The summed E-state index contributed by atoms with van der Waals surface area (Å²) in [7, 11) is 1.55. The zero-order valence-corrected chi connectivity index (χ0v) is 18.5. The summed E-state index contributed by atoms with van der Waals surface area (Å²) in [6.07, 6.45) is 3.04. The van der Waals surface area contributed by atoms with Gasteiger partial charge < -0.3 is 19.1 Å². The van der Waals surface area contributed by atoms with E-state index in [9.17, 15) is 19.7 Å². The molecule has 0 amide bonds. The fourth-order valence-electron chi connectivity index (χ4n) is 3.47. The van der Waals surface area contributed by atoms with Crippen molar-refractivity contribution in [2.75, 3.05) is 25.2 Å². The van der Waals surface area contributed by atoms with E-state index in [2.05, 4.69) is 0 Å². The zero-order valence-electron chi connectivity index (χ0n) is 18.5. The number of rotatable bonds is 8. The first-order valence-corrected chi connectivity index (χ1v) is 10.3. The highest BCUT2D eigenvalue weighted by molar-refractivity contribution is 5.99. The van der Waals surface area contributed by atoms with E-state index < -0.39 is 22.9 Å². The van der Waals surface area contributed by atoms with E-state index in [0.717, 1.165) is 0 Å². The molecule has 0 fully saturated rings. The van der Waals surface area contributed by atoms with Crippen molar-refractivity contribution in [3.63, 3.8) is 0 Å². The van der Waals surface area contributed by atoms with Crippen molar-refractivity contribution < 1.29 is 28.7 Å². The Morgan fingerprint density at radius 3 is 2.12 bits per heavy atom. The molecule has 0 bridgehead atoms. The number of esters is 2. The van der Waals surface area contributed by atoms with Crippen molar-refractivity contribution in [1.82, 2.24) is 0 Å². The number of carbonyl (C=O) groups is 2. The average molecular weight is 452 g/mol. The molecule has 1 atom stereocenters. The third kappa shape index (κ3) is 5.20. The minimum Gasteiger partial charge on any atom is -0.497 e. The van der Waals surface area contributed by atoms with Crippen LogP contribution in [-0.4, -0.2) is 37.2 Å². The summed E-state index contributed by atoms with van der Waals surface area (Å²) >= 11 is 0. The number of methoxy groups -OCH3 is 1. The summed E-state index contributed by atoms with van der Waals surface area (Å²) in [6, 6.07) is 12.3. The Morgan fingerprint density at radius 2 is 1.58 bits per heavy atom. The lowest BCUT2D eigenvalue weighted by Gasteiger charge is -2.35. The lowest BCUT2D eigenvalue weighted by Crippen LogP contribution is -2.33. The van der Waals surface area contributed by atoms with E-state index in [4.69, 9.17) is 14.2 Å². The van der Waals surface area contributed by atoms with E-state index >= 15 is 0 Å².